The van der Waals surface area contributed by atoms with Gasteiger partial charge in [-0.3, -0.25) is 4.79 Å². The Bertz CT molecular complexity index is 1210. The second kappa shape index (κ2) is 12.3. The summed E-state index contributed by atoms with van der Waals surface area (Å²) in [6.45, 7) is 0.271. The van der Waals surface area contributed by atoms with E-state index < -0.39 is 5.91 Å². The number of rotatable bonds is 10. The van der Waals surface area contributed by atoms with Crippen LogP contribution in [0.2, 0.25) is 5.02 Å². The maximum absolute atomic E-state index is 12.6. The number of carbonyl (C=O) groups is 1. The van der Waals surface area contributed by atoms with Gasteiger partial charge in [-0.1, -0.05) is 29.8 Å². The summed E-state index contributed by atoms with van der Waals surface area (Å²) in [5, 5.41) is 4.67. The van der Waals surface area contributed by atoms with Crippen molar-refractivity contribution in [2.45, 2.75) is 6.61 Å². The molecule has 8 nitrogen and oxygen atoms in total. The molecule has 35 heavy (non-hydrogen) atoms. The van der Waals surface area contributed by atoms with Crippen LogP contribution >= 0.6 is 27.5 Å². The second-order valence-electron chi connectivity index (χ2n) is 7.03. The van der Waals surface area contributed by atoms with Crippen molar-refractivity contribution < 1.29 is 28.5 Å². The molecule has 3 rings (SSSR count). The number of hydrogen-bond acceptors (Lipinski definition) is 7. The first kappa shape index (κ1) is 26.2. The van der Waals surface area contributed by atoms with E-state index in [4.69, 9.17) is 35.3 Å². The predicted molar refractivity (Wildman–Crippen MR) is 138 cm³/mol. The van der Waals surface area contributed by atoms with E-state index in [-0.39, 0.29) is 6.61 Å². The number of carbonyl (C=O) groups excluding carboxylic acids is 1. The van der Waals surface area contributed by atoms with Crippen LogP contribution in [0, 0.1) is 0 Å². The summed E-state index contributed by atoms with van der Waals surface area (Å²) < 4.78 is 27.9. The zero-order valence-electron chi connectivity index (χ0n) is 19.6. The van der Waals surface area contributed by atoms with Crippen LogP contribution < -0.4 is 29.1 Å². The lowest BCUT2D eigenvalue weighted by molar-refractivity contribution is 0.0954. The van der Waals surface area contributed by atoms with Crippen LogP contribution in [0.1, 0.15) is 21.5 Å². The van der Waals surface area contributed by atoms with Gasteiger partial charge in [0.05, 0.1) is 39.1 Å². The van der Waals surface area contributed by atoms with E-state index in [9.17, 15) is 4.79 Å². The molecule has 3 aromatic carbocycles. The third kappa shape index (κ3) is 6.37. The molecular weight excluding hydrogens is 540 g/mol. The molecule has 184 valence electrons. The van der Waals surface area contributed by atoms with E-state index in [1.54, 1.807) is 18.2 Å². The Balaban J connectivity index is 1.74. The fraction of sp³-hybridized carbons (Fsp3) is 0.200. The standard InChI is InChI=1S/C25H24BrClN2O6/c1-31-20-10-15(9-18(26)23(20)35-14-16-7-5-6-8-19(16)27)13-28-29-25(30)17-11-21(32-2)24(34-4)22(12-17)33-3/h5-13H,14H2,1-4H3,(H,29,30)/b28-13+. The van der Waals surface area contributed by atoms with Crippen molar-refractivity contribution in [3.63, 3.8) is 0 Å². The van der Waals surface area contributed by atoms with Gasteiger partial charge in [0, 0.05) is 16.1 Å². The molecule has 0 heterocycles. The fourth-order valence-corrected chi connectivity index (χ4v) is 3.93. The van der Waals surface area contributed by atoms with Gasteiger partial charge in [-0.15, -0.1) is 0 Å². The van der Waals surface area contributed by atoms with Crippen LogP contribution in [-0.2, 0) is 6.61 Å². The zero-order valence-corrected chi connectivity index (χ0v) is 21.9. The summed E-state index contributed by atoms with van der Waals surface area (Å²) in [5.41, 5.74) is 4.30. The van der Waals surface area contributed by atoms with Crippen LogP contribution in [0.25, 0.3) is 0 Å². The molecule has 0 fully saturated rings. The van der Waals surface area contributed by atoms with Crippen LogP contribution in [0.15, 0.2) is 58.1 Å². The van der Waals surface area contributed by atoms with Crippen LogP contribution in [0.5, 0.6) is 28.7 Å². The van der Waals surface area contributed by atoms with E-state index in [0.717, 1.165) is 5.56 Å². The fourth-order valence-electron chi connectivity index (χ4n) is 3.16. The molecule has 0 saturated carbocycles. The summed E-state index contributed by atoms with van der Waals surface area (Å²) in [6.07, 6.45) is 1.49. The Morgan fingerprint density at radius 2 is 1.57 bits per heavy atom. The summed E-state index contributed by atoms with van der Waals surface area (Å²) in [6, 6.07) is 14.0. The van der Waals surface area contributed by atoms with Crippen molar-refractivity contribution >= 4 is 39.7 Å². The number of nitrogens with one attached hydrogen (secondary N) is 1. The van der Waals surface area contributed by atoms with E-state index in [1.165, 1.54) is 46.8 Å². The van der Waals surface area contributed by atoms with Gasteiger partial charge in [0.25, 0.3) is 5.91 Å². The molecule has 0 saturated heterocycles. The first-order chi connectivity index (χ1) is 16.9. The number of nitrogens with zero attached hydrogens (tertiary/aromatic N) is 1. The largest absolute Gasteiger partial charge is 0.493 e. The number of hydrogen-bond donors (Lipinski definition) is 1. The highest BCUT2D eigenvalue weighted by molar-refractivity contribution is 9.10. The molecule has 0 atom stereocenters. The average molecular weight is 564 g/mol. The van der Waals surface area contributed by atoms with Crippen molar-refractivity contribution in [3.8, 4) is 28.7 Å². The quantitative estimate of drug-likeness (QED) is 0.260. The molecule has 0 bridgehead atoms. The molecule has 0 radical (unpaired) electrons. The molecule has 0 aliphatic rings. The third-order valence-corrected chi connectivity index (χ3v) is 5.85. The maximum atomic E-state index is 12.6. The lowest BCUT2D eigenvalue weighted by Crippen LogP contribution is -2.18. The number of halogens is 2. The van der Waals surface area contributed by atoms with Gasteiger partial charge in [0.15, 0.2) is 23.0 Å². The molecule has 0 spiro atoms. The van der Waals surface area contributed by atoms with Crippen molar-refractivity contribution in [1.29, 1.82) is 0 Å². The molecular formula is C25H24BrClN2O6. The van der Waals surface area contributed by atoms with E-state index in [0.29, 0.717) is 49.4 Å². The minimum atomic E-state index is -0.453. The molecule has 0 unspecified atom stereocenters. The van der Waals surface area contributed by atoms with Crippen LogP contribution in [-0.4, -0.2) is 40.6 Å². The number of benzene rings is 3. The molecule has 1 N–H and O–H groups in total. The average Bonchev–Trinajstić information content (AvgIpc) is 2.87. The van der Waals surface area contributed by atoms with Crippen LogP contribution in [0.4, 0.5) is 0 Å². The zero-order chi connectivity index (χ0) is 25.4. The minimum absolute atomic E-state index is 0.271. The Labute approximate surface area is 216 Å². The van der Waals surface area contributed by atoms with Crippen molar-refractivity contribution in [2.75, 3.05) is 28.4 Å². The highest BCUT2D eigenvalue weighted by Gasteiger charge is 2.17. The van der Waals surface area contributed by atoms with Gasteiger partial charge >= 0.3 is 0 Å². The second-order valence-corrected chi connectivity index (χ2v) is 8.29. The van der Waals surface area contributed by atoms with Crippen LogP contribution in [0.3, 0.4) is 0 Å². The topological polar surface area (TPSA) is 87.6 Å². The van der Waals surface area contributed by atoms with E-state index in [1.807, 2.05) is 18.2 Å². The predicted octanol–water partition coefficient (Wildman–Crippen LogP) is 5.48. The van der Waals surface area contributed by atoms with Gasteiger partial charge in [0.2, 0.25) is 5.75 Å². The number of ether oxygens (including phenoxy) is 5. The lowest BCUT2D eigenvalue weighted by Gasteiger charge is -2.14. The Kier molecular flexibility index (Phi) is 9.22. The van der Waals surface area contributed by atoms with Crippen molar-refractivity contribution in [2.24, 2.45) is 5.10 Å². The van der Waals surface area contributed by atoms with Gasteiger partial charge in [-0.25, -0.2) is 5.43 Å². The molecule has 0 aliphatic carbocycles. The summed E-state index contributed by atoms with van der Waals surface area (Å²) in [5.74, 6) is 1.67. The van der Waals surface area contributed by atoms with Crippen molar-refractivity contribution in [1.82, 2.24) is 5.43 Å². The van der Waals surface area contributed by atoms with Gasteiger partial charge in [-0.05, 0) is 51.8 Å². The molecule has 0 aliphatic heterocycles. The highest BCUT2D eigenvalue weighted by Crippen LogP contribution is 2.38. The van der Waals surface area contributed by atoms with Gasteiger partial charge in [-0.2, -0.15) is 5.10 Å². The monoisotopic (exact) mass is 562 g/mol. The van der Waals surface area contributed by atoms with E-state index in [2.05, 4.69) is 26.5 Å². The first-order valence-corrected chi connectivity index (χ1v) is 11.5. The Hall–Kier alpha value is -3.43. The lowest BCUT2D eigenvalue weighted by atomic mass is 10.1. The summed E-state index contributed by atoms with van der Waals surface area (Å²) >= 11 is 9.72. The molecule has 3 aromatic rings. The Morgan fingerprint density at radius 1 is 0.943 bits per heavy atom. The first-order valence-electron chi connectivity index (χ1n) is 10.3. The summed E-state index contributed by atoms with van der Waals surface area (Å²) in [7, 11) is 5.98. The highest BCUT2D eigenvalue weighted by atomic mass is 79.9. The summed E-state index contributed by atoms with van der Waals surface area (Å²) in [4.78, 5) is 12.6. The molecule has 10 heteroatoms. The molecule has 0 aromatic heterocycles. The van der Waals surface area contributed by atoms with Crippen molar-refractivity contribution in [3.05, 3.63) is 74.7 Å². The smallest absolute Gasteiger partial charge is 0.271 e. The minimum Gasteiger partial charge on any atom is -0.493 e. The number of methoxy groups -OCH3 is 4. The SMILES string of the molecule is COc1cc(/C=N/NC(=O)c2cc(OC)c(OC)c(OC)c2)cc(Br)c1OCc1ccccc1Cl. The Morgan fingerprint density at radius 3 is 2.17 bits per heavy atom. The van der Waals surface area contributed by atoms with E-state index >= 15 is 0 Å². The maximum Gasteiger partial charge on any atom is 0.271 e. The third-order valence-electron chi connectivity index (χ3n) is 4.89. The molecule has 1 amide bonds. The number of hydrazone groups is 1. The van der Waals surface area contributed by atoms with Gasteiger partial charge < -0.3 is 23.7 Å². The normalized spacial score (nSPS) is 10.7. The van der Waals surface area contributed by atoms with Gasteiger partial charge in [0.1, 0.15) is 6.61 Å². The number of amides is 1.